The zero-order valence-corrected chi connectivity index (χ0v) is 16.4. The van der Waals surface area contributed by atoms with Crippen LogP contribution in [0.1, 0.15) is 41.5 Å². The van der Waals surface area contributed by atoms with Crippen molar-refractivity contribution in [2.75, 3.05) is 11.9 Å². The highest BCUT2D eigenvalue weighted by Gasteiger charge is 2.38. The summed E-state index contributed by atoms with van der Waals surface area (Å²) >= 11 is 0. The summed E-state index contributed by atoms with van der Waals surface area (Å²) in [6, 6.07) is 9.08. The fraction of sp³-hybridized carbons (Fsp3) is 0.333. The number of para-hydroxylation sites is 1. The van der Waals surface area contributed by atoms with Crippen LogP contribution in [0.3, 0.4) is 0 Å². The van der Waals surface area contributed by atoms with Crippen molar-refractivity contribution in [2.24, 2.45) is 0 Å². The summed E-state index contributed by atoms with van der Waals surface area (Å²) < 4.78 is 1.84. The molecule has 2 amide bonds. The van der Waals surface area contributed by atoms with Crippen molar-refractivity contribution in [3.8, 4) is 0 Å². The number of pyridine rings is 1. The molecule has 1 unspecified atom stereocenters. The molecule has 0 radical (unpaired) electrons. The van der Waals surface area contributed by atoms with Crippen LogP contribution >= 0.6 is 0 Å². The molecule has 2 aromatic heterocycles. The fourth-order valence-corrected chi connectivity index (χ4v) is 3.80. The van der Waals surface area contributed by atoms with Gasteiger partial charge in [-0.15, -0.1) is 0 Å². The van der Waals surface area contributed by atoms with Crippen molar-refractivity contribution in [3.63, 3.8) is 0 Å². The number of anilines is 1. The molecule has 0 saturated carbocycles. The van der Waals surface area contributed by atoms with Crippen LogP contribution in [-0.2, 0) is 11.2 Å². The molecule has 0 saturated heterocycles. The summed E-state index contributed by atoms with van der Waals surface area (Å²) in [5.74, 6) is -0.397. The van der Waals surface area contributed by atoms with Gasteiger partial charge in [0.15, 0.2) is 5.65 Å². The molecule has 1 N–H and O–H groups in total. The van der Waals surface area contributed by atoms with Crippen LogP contribution in [0.4, 0.5) is 5.69 Å². The highest BCUT2D eigenvalue weighted by molar-refractivity contribution is 6.13. The Labute approximate surface area is 163 Å². The minimum absolute atomic E-state index is 0.175. The molecule has 144 valence electrons. The van der Waals surface area contributed by atoms with Gasteiger partial charge in [0.2, 0.25) is 5.91 Å². The van der Waals surface area contributed by atoms with Crippen LogP contribution < -0.4 is 10.2 Å². The number of likely N-dealkylation sites (N-methyl/N-ethyl adjacent to an activating group) is 1. The van der Waals surface area contributed by atoms with E-state index in [0.717, 1.165) is 22.3 Å². The summed E-state index contributed by atoms with van der Waals surface area (Å²) in [4.78, 5) is 32.2. The largest absolute Gasteiger partial charge is 0.357 e. The third-order valence-electron chi connectivity index (χ3n) is 5.22. The lowest BCUT2D eigenvalue weighted by molar-refractivity contribution is -0.121. The van der Waals surface area contributed by atoms with Gasteiger partial charge in [0, 0.05) is 30.6 Å². The number of rotatable bonds is 3. The van der Waals surface area contributed by atoms with Crippen molar-refractivity contribution in [1.29, 1.82) is 0 Å². The van der Waals surface area contributed by atoms with E-state index in [2.05, 4.69) is 15.4 Å². The Balaban J connectivity index is 1.81. The zero-order chi connectivity index (χ0) is 20.0. The van der Waals surface area contributed by atoms with Crippen LogP contribution in [0.15, 0.2) is 36.5 Å². The molecule has 3 heterocycles. The highest BCUT2D eigenvalue weighted by atomic mass is 16.2. The summed E-state index contributed by atoms with van der Waals surface area (Å²) in [6.45, 7) is 5.90. The van der Waals surface area contributed by atoms with E-state index in [9.17, 15) is 9.59 Å². The standard InChI is InChI=1S/C21H23N5O2/c1-12(2)26-19-15(11-23-26)9-16(13(3)24-19)21(28)25-17-8-6-5-7-14(17)10-18(25)20(27)22-4/h5-9,11-12,18H,10H2,1-4H3,(H,22,27). The Kier molecular flexibility index (Phi) is 4.37. The van der Waals surface area contributed by atoms with E-state index in [4.69, 9.17) is 0 Å². The van der Waals surface area contributed by atoms with Crippen LogP contribution in [0.2, 0.25) is 0 Å². The number of aromatic nitrogens is 3. The van der Waals surface area contributed by atoms with E-state index in [1.54, 1.807) is 18.1 Å². The van der Waals surface area contributed by atoms with Gasteiger partial charge in [-0.05, 0) is 38.5 Å². The van der Waals surface area contributed by atoms with Crippen molar-refractivity contribution < 1.29 is 9.59 Å². The van der Waals surface area contributed by atoms with Gasteiger partial charge in [-0.2, -0.15) is 5.10 Å². The molecular formula is C21H23N5O2. The van der Waals surface area contributed by atoms with Gasteiger partial charge in [0.25, 0.3) is 5.91 Å². The minimum atomic E-state index is -0.566. The molecule has 7 nitrogen and oxygen atoms in total. The number of hydrogen-bond acceptors (Lipinski definition) is 4. The second-order valence-electron chi connectivity index (χ2n) is 7.36. The Morgan fingerprint density at radius 1 is 1.25 bits per heavy atom. The maximum Gasteiger partial charge on any atom is 0.260 e. The van der Waals surface area contributed by atoms with Crippen LogP contribution in [-0.4, -0.2) is 39.7 Å². The number of hydrogen-bond donors (Lipinski definition) is 1. The van der Waals surface area contributed by atoms with E-state index in [1.807, 2.05) is 55.8 Å². The maximum absolute atomic E-state index is 13.5. The molecule has 0 spiro atoms. The molecule has 1 aliphatic rings. The number of benzene rings is 1. The maximum atomic E-state index is 13.5. The van der Waals surface area contributed by atoms with Crippen molar-refractivity contribution >= 4 is 28.5 Å². The molecule has 1 aromatic carbocycles. The molecule has 7 heteroatoms. The Bertz CT molecular complexity index is 1090. The van der Waals surface area contributed by atoms with Crippen molar-refractivity contribution in [2.45, 2.75) is 39.3 Å². The molecule has 1 atom stereocenters. The third-order valence-corrected chi connectivity index (χ3v) is 5.22. The number of nitrogens with one attached hydrogen (secondary N) is 1. The SMILES string of the molecule is CNC(=O)C1Cc2ccccc2N1C(=O)c1cc2cnn(C(C)C)c2nc1C. The second kappa shape index (κ2) is 6.74. The van der Waals surface area contributed by atoms with Gasteiger partial charge in [-0.1, -0.05) is 18.2 Å². The van der Waals surface area contributed by atoms with Gasteiger partial charge in [0.05, 0.1) is 17.5 Å². The van der Waals surface area contributed by atoms with Crippen molar-refractivity contribution in [3.05, 3.63) is 53.3 Å². The first kappa shape index (κ1) is 18.2. The number of nitrogens with zero attached hydrogens (tertiary/aromatic N) is 4. The second-order valence-corrected chi connectivity index (χ2v) is 7.36. The van der Waals surface area contributed by atoms with Crippen LogP contribution in [0.5, 0.6) is 0 Å². The first-order valence-electron chi connectivity index (χ1n) is 9.40. The predicted molar refractivity (Wildman–Crippen MR) is 107 cm³/mol. The van der Waals surface area contributed by atoms with Crippen molar-refractivity contribution in [1.82, 2.24) is 20.1 Å². The monoisotopic (exact) mass is 377 g/mol. The molecule has 28 heavy (non-hydrogen) atoms. The van der Waals surface area contributed by atoms with Gasteiger partial charge < -0.3 is 5.32 Å². The lowest BCUT2D eigenvalue weighted by Gasteiger charge is -2.25. The number of amides is 2. The Morgan fingerprint density at radius 3 is 2.71 bits per heavy atom. The van der Waals surface area contributed by atoms with Gasteiger partial charge in [0.1, 0.15) is 6.04 Å². The van der Waals surface area contributed by atoms with Crippen LogP contribution in [0.25, 0.3) is 11.0 Å². The lowest BCUT2D eigenvalue weighted by atomic mass is 10.1. The Morgan fingerprint density at radius 2 is 2.00 bits per heavy atom. The van der Waals surface area contributed by atoms with E-state index < -0.39 is 6.04 Å². The molecule has 0 bridgehead atoms. The average molecular weight is 377 g/mol. The third kappa shape index (κ3) is 2.74. The van der Waals surface area contributed by atoms with Gasteiger partial charge in [-0.25, -0.2) is 9.67 Å². The molecule has 3 aromatic rings. The molecular weight excluding hydrogens is 354 g/mol. The highest BCUT2D eigenvalue weighted by Crippen LogP contribution is 2.34. The van der Waals surface area contributed by atoms with E-state index in [0.29, 0.717) is 17.7 Å². The molecule has 1 aliphatic heterocycles. The van der Waals surface area contributed by atoms with Crippen LogP contribution in [0, 0.1) is 6.92 Å². The number of fused-ring (bicyclic) bond motifs is 2. The fourth-order valence-electron chi connectivity index (χ4n) is 3.80. The Hall–Kier alpha value is -3.22. The summed E-state index contributed by atoms with van der Waals surface area (Å²) in [7, 11) is 1.59. The molecule has 0 fully saturated rings. The lowest BCUT2D eigenvalue weighted by Crippen LogP contribution is -2.47. The predicted octanol–water partition coefficient (Wildman–Crippen LogP) is 2.64. The minimum Gasteiger partial charge on any atom is -0.357 e. The summed E-state index contributed by atoms with van der Waals surface area (Å²) in [5.41, 5.74) is 3.64. The number of carbonyl (C=O) groups excluding carboxylic acids is 2. The van der Waals surface area contributed by atoms with E-state index in [-0.39, 0.29) is 17.9 Å². The first-order chi connectivity index (χ1) is 13.4. The molecule has 0 aliphatic carbocycles. The van der Waals surface area contributed by atoms with E-state index in [1.165, 1.54) is 0 Å². The van der Waals surface area contributed by atoms with E-state index >= 15 is 0 Å². The molecule has 4 rings (SSSR count). The van der Waals surface area contributed by atoms with Gasteiger partial charge in [-0.3, -0.25) is 14.5 Å². The topological polar surface area (TPSA) is 80.1 Å². The summed E-state index contributed by atoms with van der Waals surface area (Å²) in [6.07, 6.45) is 2.23. The first-order valence-corrected chi connectivity index (χ1v) is 9.40. The van der Waals surface area contributed by atoms with Gasteiger partial charge >= 0.3 is 0 Å². The smallest absolute Gasteiger partial charge is 0.260 e. The number of aryl methyl sites for hydroxylation is 1. The normalized spacial score (nSPS) is 15.9. The quantitative estimate of drug-likeness (QED) is 0.761. The average Bonchev–Trinajstić information content (AvgIpc) is 3.27. The zero-order valence-electron chi connectivity index (χ0n) is 16.4. The summed E-state index contributed by atoms with van der Waals surface area (Å²) in [5, 5.41) is 7.88. The number of carbonyl (C=O) groups is 2.